The van der Waals surface area contributed by atoms with Gasteiger partial charge in [0.05, 0.1) is 35.5 Å². The second-order valence-electron chi connectivity index (χ2n) is 6.89. The monoisotopic (exact) mass is 440 g/mol. The van der Waals surface area contributed by atoms with Gasteiger partial charge in [-0.05, 0) is 48.6 Å². The van der Waals surface area contributed by atoms with Crippen molar-refractivity contribution in [1.29, 1.82) is 0 Å². The summed E-state index contributed by atoms with van der Waals surface area (Å²) >= 11 is 1.66. The number of imide groups is 2. The molecule has 0 fully saturated rings. The summed E-state index contributed by atoms with van der Waals surface area (Å²) in [5.41, 5.74) is 1.44. The number of fused-ring (bicyclic) bond motifs is 2. The Hall–Kier alpha value is -3.01. The maximum Gasteiger partial charge on any atom is 0.285 e. The highest BCUT2D eigenvalue weighted by atomic mass is 32.2. The fraction of sp³-hybridized carbons (Fsp3) is 0.273. The number of carbonyl (C=O) groups is 4. The summed E-state index contributed by atoms with van der Waals surface area (Å²) in [6, 6.07) is 13.3. The van der Waals surface area contributed by atoms with Crippen LogP contribution in [0.4, 0.5) is 0 Å². The van der Waals surface area contributed by atoms with E-state index in [0.29, 0.717) is 35.1 Å². The summed E-state index contributed by atoms with van der Waals surface area (Å²) in [5.74, 6) is -0.180. The van der Waals surface area contributed by atoms with Gasteiger partial charge in [-0.25, -0.2) is 0 Å². The summed E-state index contributed by atoms with van der Waals surface area (Å²) in [6.45, 7) is 0.508. The molecule has 0 saturated heterocycles. The first-order valence-electron chi connectivity index (χ1n) is 9.89. The third-order valence-corrected chi connectivity index (χ3v) is 5.98. The fourth-order valence-corrected chi connectivity index (χ4v) is 4.15. The molecular formula is C22H20N2O6S. The second kappa shape index (κ2) is 9.42. The number of nitrogens with zero attached hydrogens (tertiary/aromatic N) is 2. The van der Waals surface area contributed by atoms with E-state index in [1.165, 1.54) is 0 Å². The number of hydroxylamine groups is 4. The average molecular weight is 440 g/mol. The van der Waals surface area contributed by atoms with Crippen LogP contribution < -0.4 is 0 Å². The van der Waals surface area contributed by atoms with Crippen molar-refractivity contribution in [2.75, 3.05) is 24.7 Å². The quantitative estimate of drug-likeness (QED) is 0.414. The first-order valence-corrected chi connectivity index (χ1v) is 11.0. The molecule has 0 aromatic heterocycles. The fourth-order valence-electron chi connectivity index (χ4n) is 3.30. The van der Waals surface area contributed by atoms with Crippen molar-refractivity contribution >= 4 is 35.4 Å². The van der Waals surface area contributed by atoms with Crippen molar-refractivity contribution in [2.24, 2.45) is 0 Å². The van der Waals surface area contributed by atoms with E-state index < -0.39 is 23.6 Å². The number of hydrogen-bond acceptors (Lipinski definition) is 7. The zero-order chi connectivity index (χ0) is 21.8. The Morgan fingerprint density at radius 3 is 1.23 bits per heavy atom. The first-order chi connectivity index (χ1) is 15.1. The predicted molar refractivity (Wildman–Crippen MR) is 112 cm³/mol. The molecule has 0 aliphatic carbocycles. The minimum absolute atomic E-state index is 0.254. The second-order valence-corrected chi connectivity index (χ2v) is 8.11. The van der Waals surface area contributed by atoms with Crippen molar-refractivity contribution in [2.45, 2.75) is 12.8 Å². The maximum atomic E-state index is 12.2. The molecule has 2 aliphatic heterocycles. The van der Waals surface area contributed by atoms with Crippen LogP contribution in [0.3, 0.4) is 0 Å². The Balaban J connectivity index is 1.09. The SMILES string of the molecule is O=C1c2ccccc2C(=O)N1OCCCSCCCON1C(=O)c2ccccc2C1=O. The molecule has 0 bridgehead atoms. The number of benzene rings is 2. The van der Waals surface area contributed by atoms with Crippen LogP contribution in [0.1, 0.15) is 54.3 Å². The van der Waals surface area contributed by atoms with Gasteiger partial charge in [-0.1, -0.05) is 24.3 Å². The van der Waals surface area contributed by atoms with Gasteiger partial charge in [0.1, 0.15) is 0 Å². The molecule has 8 nitrogen and oxygen atoms in total. The summed E-state index contributed by atoms with van der Waals surface area (Å²) in [7, 11) is 0. The van der Waals surface area contributed by atoms with E-state index in [9.17, 15) is 19.2 Å². The van der Waals surface area contributed by atoms with E-state index >= 15 is 0 Å². The molecule has 0 atom stereocenters. The van der Waals surface area contributed by atoms with Crippen LogP contribution in [0, 0.1) is 0 Å². The lowest BCUT2D eigenvalue weighted by molar-refractivity contribution is -0.0908. The Morgan fingerprint density at radius 2 is 0.903 bits per heavy atom. The smallest absolute Gasteiger partial charge is 0.266 e. The first kappa shape index (κ1) is 21.2. The Morgan fingerprint density at radius 1 is 0.581 bits per heavy atom. The summed E-state index contributed by atoms with van der Waals surface area (Å²) in [6.07, 6.45) is 1.33. The van der Waals surface area contributed by atoms with Gasteiger partial charge in [-0.15, -0.1) is 10.1 Å². The molecule has 0 N–H and O–H groups in total. The molecule has 0 unspecified atom stereocenters. The third kappa shape index (κ3) is 4.25. The summed E-state index contributed by atoms with van der Waals surface area (Å²) < 4.78 is 0. The van der Waals surface area contributed by atoms with Crippen LogP contribution >= 0.6 is 11.8 Å². The Labute approximate surface area is 183 Å². The van der Waals surface area contributed by atoms with Crippen LogP contribution in [-0.2, 0) is 9.68 Å². The molecule has 0 saturated carbocycles. The summed E-state index contributed by atoms with van der Waals surface area (Å²) in [5, 5.41) is 1.65. The lowest BCUT2D eigenvalue weighted by Gasteiger charge is -2.13. The molecule has 2 aliphatic rings. The molecule has 0 radical (unpaired) electrons. The summed E-state index contributed by atoms with van der Waals surface area (Å²) in [4.78, 5) is 59.5. The number of thioether (sulfide) groups is 1. The van der Waals surface area contributed by atoms with Gasteiger partial charge < -0.3 is 0 Å². The van der Waals surface area contributed by atoms with Gasteiger partial charge in [0.15, 0.2) is 0 Å². The normalized spacial score (nSPS) is 15.1. The van der Waals surface area contributed by atoms with E-state index in [4.69, 9.17) is 9.68 Å². The van der Waals surface area contributed by atoms with E-state index in [1.54, 1.807) is 60.3 Å². The zero-order valence-electron chi connectivity index (χ0n) is 16.6. The van der Waals surface area contributed by atoms with E-state index in [0.717, 1.165) is 21.6 Å². The molecule has 2 heterocycles. The van der Waals surface area contributed by atoms with Crippen molar-refractivity contribution in [3.63, 3.8) is 0 Å². The van der Waals surface area contributed by atoms with Crippen LogP contribution in [0.25, 0.3) is 0 Å². The predicted octanol–water partition coefficient (Wildman–Crippen LogP) is 2.96. The third-order valence-electron chi connectivity index (χ3n) is 4.82. The lowest BCUT2D eigenvalue weighted by atomic mass is 10.1. The zero-order valence-corrected chi connectivity index (χ0v) is 17.4. The standard InChI is InChI=1S/C22H20N2O6S/c25-19-15-7-1-2-8-16(15)20(26)23(19)29-11-5-13-31-14-6-12-30-24-21(27)17-9-3-4-10-18(17)22(24)28/h1-4,7-10H,5-6,11-14H2. The average Bonchev–Trinajstić information content (AvgIpc) is 3.18. The largest absolute Gasteiger partial charge is 0.285 e. The number of carbonyl (C=O) groups excluding carboxylic acids is 4. The van der Waals surface area contributed by atoms with Crippen LogP contribution in [-0.4, -0.2) is 58.5 Å². The maximum absolute atomic E-state index is 12.2. The highest BCUT2D eigenvalue weighted by molar-refractivity contribution is 7.99. The topological polar surface area (TPSA) is 93.2 Å². The van der Waals surface area contributed by atoms with Gasteiger partial charge in [0.2, 0.25) is 0 Å². The number of rotatable bonds is 10. The Kier molecular flexibility index (Phi) is 6.45. The van der Waals surface area contributed by atoms with Crippen LogP contribution in [0.15, 0.2) is 48.5 Å². The molecule has 9 heteroatoms. The number of amides is 4. The van der Waals surface area contributed by atoms with Gasteiger partial charge in [-0.3, -0.25) is 28.9 Å². The van der Waals surface area contributed by atoms with Crippen LogP contribution in [0.2, 0.25) is 0 Å². The highest BCUT2D eigenvalue weighted by Gasteiger charge is 2.37. The molecule has 31 heavy (non-hydrogen) atoms. The lowest BCUT2D eigenvalue weighted by Crippen LogP contribution is -2.30. The molecule has 2 aromatic carbocycles. The molecule has 4 amide bonds. The van der Waals surface area contributed by atoms with Crippen molar-refractivity contribution in [3.8, 4) is 0 Å². The van der Waals surface area contributed by atoms with E-state index in [1.807, 2.05) is 0 Å². The van der Waals surface area contributed by atoms with Gasteiger partial charge in [-0.2, -0.15) is 11.8 Å². The molecule has 160 valence electrons. The minimum Gasteiger partial charge on any atom is -0.266 e. The molecule has 0 spiro atoms. The van der Waals surface area contributed by atoms with Gasteiger partial charge in [0.25, 0.3) is 23.6 Å². The van der Waals surface area contributed by atoms with Crippen LogP contribution in [0.5, 0.6) is 0 Å². The van der Waals surface area contributed by atoms with Crippen molar-refractivity contribution in [3.05, 3.63) is 70.8 Å². The molecule has 2 aromatic rings. The Bertz CT molecular complexity index is 889. The van der Waals surface area contributed by atoms with E-state index in [-0.39, 0.29) is 13.2 Å². The van der Waals surface area contributed by atoms with Crippen molar-refractivity contribution in [1.82, 2.24) is 10.1 Å². The van der Waals surface area contributed by atoms with Gasteiger partial charge in [0, 0.05) is 0 Å². The minimum atomic E-state index is -0.432. The van der Waals surface area contributed by atoms with Crippen molar-refractivity contribution < 1.29 is 28.9 Å². The highest BCUT2D eigenvalue weighted by Crippen LogP contribution is 2.24. The number of hydrogen-bond donors (Lipinski definition) is 0. The molecule has 4 rings (SSSR count). The van der Waals surface area contributed by atoms with Gasteiger partial charge >= 0.3 is 0 Å². The molecular weight excluding hydrogens is 420 g/mol. The van der Waals surface area contributed by atoms with E-state index in [2.05, 4.69) is 0 Å².